The highest BCUT2D eigenvalue weighted by molar-refractivity contribution is 5.86. The Morgan fingerprint density at radius 3 is 2.61 bits per heavy atom. The first-order valence-corrected chi connectivity index (χ1v) is 11.1. The lowest BCUT2D eigenvalue weighted by molar-refractivity contribution is 0.296. The monoisotopic (exact) mass is 467 g/mol. The fourth-order valence-electron chi connectivity index (χ4n) is 4.77. The zero-order chi connectivity index (χ0) is 21.9. The molecule has 1 saturated carbocycles. The van der Waals surface area contributed by atoms with Gasteiger partial charge in [-0.3, -0.25) is 0 Å². The average Bonchev–Trinajstić information content (AvgIpc) is 3.51. The molecule has 4 aromatic rings. The van der Waals surface area contributed by atoms with Gasteiger partial charge in [-0.25, -0.2) is 4.39 Å². The van der Waals surface area contributed by atoms with Gasteiger partial charge < -0.3 is 10.1 Å². The van der Waals surface area contributed by atoms with Crippen molar-refractivity contribution in [3.05, 3.63) is 83.4 Å². The second-order valence-corrected chi connectivity index (χ2v) is 8.46. The number of tetrazole rings is 1. The maximum atomic E-state index is 14.2. The molecule has 1 aromatic heterocycles. The molecule has 0 amide bonds. The molecule has 1 fully saturated rings. The van der Waals surface area contributed by atoms with Gasteiger partial charge in [0, 0.05) is 17.5 Å². The maximum Gasteiger partial charge on any atom is 0.211 e. The number of benzene rings is 3. The molecular formula is C25H27ClFN5O. The Labute approximate surface area is 198 Å². The summed E-state index contributed by atoms with van der Waals surface area (Å²) in [4.78, 5) is 0. The van der Waals surface area contributed by atoms with Crippen LogP contribution in [0.15, 0.2) is 60.7 Å². The number of aromatic nitrogens is 4. The van der Waals surface area contributed by atoms with Gasteiger partial charge in [0.05, 0.1) is 0 Å². The van der Waals surface area contributed by atoms with E-state index >= 15 is 0 Å². The molecule has 172 valence electrons. The topological polar surface area (TPSA) is 75.7 Å². The first-order chi connectivity index (χ1) is 15.7. The van der Waals surface area contributed by atoms with E-state index in [1.165, 1.54) is 5.56 Å². The van der Waals surface area contributed by atoms with Gasteiger partial charge in [-0.15, -0.1) is 22.6 Å². The van der Waals surface area contributed by atoms with Crippen LogP contribution in [0.1, 0.15) is 55.1 Å². The fourth-order valence-corrected chi connectivity index (χ4v) is 4.77. The van der Waals surface area contributed by atoms with E-state index in [9.17, 15) is 4.39 Å². The highest BCUT2D eigenvalue weighted by Gasteiger charge is 2.27. The molecule has 0 spiro atoms. The van der Waals surface area contributed by atoms with Crippen molar-refractivity contribution >= 4 is 23.2 Å². The molecule has 1 aliphatic rings. The number of fused-ring (bicyclic) bond motifs is 1. The number of halogens is 2. The van der Waals surface area contributed by atoms with Crippen LogP contribution < -0.4 is 10.1 Å². The predicted molar refractivity (Wildman–Crippen MR) is 128 cm³/mol. The lowest BCUT2D eigenvalue weighted by Gasteiger charge is -2.22. The lowest BCUT2D eigenvalue weighted by atomic mass is 9.96. The van der Waals surface area contributed by atoms with Crippen molar-refractivity contribution < 1.29 is 9.13 Å². The molecule has 0 radical (unpaired) electrons. The summed E-state index contributed by atoms with van der Waals surface area (Å²) in [6.45, 7) is 2.46. The van der Waals surface area contributed by atoms with Crippen molar-refractivity contribution in [2.45, 2.75) is 50.8 Å². The molecule has 1 heterocycles. The fraction of sp³-hybridized carbons (Fsp3) is 0.320. The van der Waals surface area contributed by atoms with Crippen LogP contribution in [0.5, 0.6) is 5.75 Å². The van der Waals surface area contributed by atoms with Crippen LogP contribution in [-0.2, 0) is 6.61 Å². The van der Waals surface area contributed by atoms with Gasteiger partial charge >= 0.3 is 0 Å². The Balaban J connectivity index is 0.00000259. The summed E-state index contributed by atoms with van der Waals surface area (Å²) in [7, 11) is 0. The number of aromatic amines is 1. The molecule has 6 nitrogen and oxygen atoms in total. The van der Waals surface area contributed by atoms with E-state index in [4.69, 9.17) is 4.74 Å². The third-order valence-electron chi connectivity index (χ3n) is 6.40. The molecule has 2 N–H and O–H groups in total. The van der Waals surface area contributed by atoms with Crippen molar-refractivity contribution in [2.75, 3.05) is 0 Å². The lowest BCUT2D eigenvalue weighted by Crippen LogP contribution is -2.29. The zero-order valence-corrected chi connectivity index (χ0v) is 19.2. The summed E-state index contributed by atoms with van der Waals surface area (Å²) in [5.74, 6) is 1.68. The molecule has 3 atom stereocenters. The third-order valence-corrected chi connectivity index (χ3v) is 6.40. The van der Waals surface area contributed by atoms with Crippen molar-refractivity contribution in [3.8, 4) is 5.75 Å². The molecule has 3 aromatic carbocycles. The van der Waals surface area contributed by atoms with Crippen LogP contribution in [0.2, 0.25) is 0 Å². The molecule has 0 aliphatic heterocycles. The Kier molecular flexibility index (Phi) is 7.20. The van der Waals surface area contributed by atoms with Crippen LogP contribution in [0.4, 0.5) is 4.39 Å². The van der Waals surface area contributed by atoms with Crippen LogP contribution >= 0.6 is 12.4 Å². The maximum absolute atomic E-state index is 14.2. The first kappa shape index (κ1) is 23.1. The highest BCUT2D eigenvalue weighted by atomic mass is 35.5. The third kappa shape index (κ3) is 5.15. The summed E-state index contributed by atoms with van der Waals surface area (Å²) in [5.41, 5.74) is 2.48. The van der Waals surface area contributed by atoms with Crippen LogP contribution in [0, 0.1) is 5.82 Å². The molecule has 33 heavy (non-hydrogen) atoms. The Morgan fingerprint density at radius 2 is 1.85 bits per heavy atom. The summed E-state index contributed by atoms with van der Waals surface area (Å²) < 4.78 is 19.9. The van der Waals surface area contributed by atoms with Crippen molar-refractivity contribution in [3.63, 3.8) is 0 Å². The van der Waals surface area contributed by atoms with E-state index in [0.29, 0.717) is 29.8 Å². The van der Waals surface area contributed by atoms with Gasteiger partial charge in [0.2, 0.25) is 5.82 Å². The van der Waals surface area contributed by atoms with Crippen LogP contribution in [0.25, 0.3) is 10.8 Å². The molecule has 0 saturated heterocycles. The molecule has 2 unspecified atom stereocenters. The van der Waals surface area contributed by atoms with E-state index in [2.05, 4.69) is 45.0 Å². The zero-order valence-electron chi connectivity index (χ0n) is 18.4. The second kappa shape index (κ2) is 10.3. The summed E-state index contributed by atoms with van der Waals surface area (Å²) >= 11 is 0. The molecular weight excluding hydrogens is 441 g/mol. The number of nitrogens with zero attached hydrogens (tertiary/aromatic N) is 3. The minimum Gasteiger partial charge on any atom is -0.485 e. The Morgan fingerprint density at radius 1 is 1.06 bits per heavy atom. The first-order valence-electron chi connectivity index (χ1n) is 11.1. The van der Waals surface area contributed by atoms with E-state index in [1.807, 2.05) is 42.5 Å². The number of hydrogen-bond acceptors (Lipinski definition) is 5. The average molecular weight is 468 g/mol. The Bertz CT molecular complexity index is 1190. The minimum atomic E-state index is -0.165. The SMILES string of the molecule is C[C@@H](NC1CCC(c2ccc(OCc3nn[nH]n3)cc2)C1)c1ccc(F)c2ccccc12.Cl. The number of nitrogens with one attached hydrogen (secondary N) is 2. The van der Waals surface area contributed by atoms with E-state index in [-0.39, 0.29) is 24.3 Å². The summed E-state index contributed by atoms with van der Waals surface area (Å²) in [6, 6.07) is 20.1. The molecule has 1 aliphatic carbocycles. The normalized spacial score (nSPS) is 18.7. The van der Waals surface area contributed by atoms with Crippen molar-refractivity contribution in [1.82, 2.24) is 25.9 Å². The van der Waals surface area contributed by atoms with Crippen LogP contribution in [0.3, 0.4) is 0 Å². The second-order valence-electron chi connectivity index (χ2n) is 8.46. The smallest absolute Gasteiger partial charge is 0.211 e. The highest BCUT2D eigenvalue weighted by Crippen LogP contribution is 2.36. The largest absolute Gasteiger partial charge is 0.485 e. The number of rotatable bonds is 7. The number of hydrogen-bond donors (Lipinski definition) is 2. The summed E-state index contributed by atoms with van der Waals surface area (Å²) in [6.07, 6.45) is 3.37. The molecule has 0 bridgehead atoms. The standard InChI is InChI=1S/C25H26FN5O.ClH/c1-16(21-12-13-24(26)23-5-3-2-4-22(21)23)27-19-9-6-18(14-19)17-7-10-20(11-8-17)32-15-25-28-30-31-29-25;/h2-5,7-8,10-13,16,18-19,27H,6,9,14-15H2,1H3,(H,28,29,30,31);1H/t16-,18?,19?;/m1./s1. The van der Waals surface area contributed by atoms with Gasteiger partial charge in [-0.05, 0) is 66.8 Å². The summed E-state index contributed by atoms with van der Waals surface area (Å²) in [5, 5.41) is 19.2. The quantitative estimate of drug-likeness (QED) is 0.376. The number of H-pyrrole nitrogens is 1. The van der Waals surface area contributed by atoms with Crippen molar-refractivity contribution in [1.29, 1.82) is 0 Å². The molecule has 5 rings (SSSR count). The van der Waals surface area contributed by atoms with E-state index in [0.717, 1.165) is 36.0 Å². The van der Waals surface area contributed by atoms with E-state index < -0.39 is 0 Å². The van der Waals surface area contributed by atoms with Gasteiger partial charge in [-0.1, -0.05) is 47.7 Å². The van der Waals surface area contributed by atoms with Gasteiger partial charge in [-0.2, -0.15) is 5.21 Å². The predicted octanol–water partition coefficient (Wildman–Crippen LogP) is 5.48. The van der Waals surface area contributed by atoms with Gasteiger partial charge in [0.15, 0.2) is 6.61 Å². The minimum absolute atomic E-state index is 0. The van der Waals surface area contributed by atoms with E-state index in [1.54, 1.807) is 6.07 Å². The van der Waals surface area contributed by atoms with Crippen molar-refractivity contribution in [2.24, 2.45) is 0 Å². The Hall–Kier alpha value is -3.03. The number of ether oxygens (including phenoxy) is 1. The van der Waals surface area contributed by atoms with Gasteiger partial charge in [0.25, 0.3) is 0 Å². The van der Waals surface area contributed by atoms with Gasteiger partial charge in [0.1, 0.15) is 11.6 Å². The van der Waals surface area contributed by atoms with Crippen LogP contribution in [-0.4, -0.2) is 26.7 Å². The molecule has 8 heteroatoms.